The summed E-state index contributed by atoms with van der Waals surface area (Å²) in [6.45, 7) is -0.810. The lowest BCUT2D eigenvalue weighted by molar-refractivity contribution is -0.139. The molecule has 0 spiro atoms. The van der Waals surface area contributed by atoms with Crippen LogP contribution in [0.3, 0.4) is 0 Å². The molecule has 3 rings (SSSR count). The van der Waals surface area contributed by atoms with Crippen LogP contribution in [0.2, 0.25) is 5.02 Å². The summed E-state index contributed by atoms with van der Waals surface area (Å²) in [6, 6.07) is 5.97. The van der Waals surface area contributed by atoms with Crippen LogP contribution in [0.4, 0.5) is 22.0 Å². The quantitative estimate of drug-likeness (QED) is 0.451. The highest BCUT2D eigenvalue weighted by Crippen LogP contribution is 2.39. The van der Waals surface area contributed by atoms with Gasteiger partial charge in [0.1, 0.15) is 6.07 Å². The topological polar surface area (TPSA) is 110 Å². The molecule has 1 aromatic carbocycles. The van der Waals surface area contributed by atoms with Crippen molar-refractivity contribution in [1.82, 2.24) is 14.5 Å². The second-order valence-electron chi connectivity index (χ2n) is 6.89. The standard InChI is InChI=1S/C21H14ClF5N4O4/c1-34-18-10(2-3-13(8-32)30-18)7-31-9-29-17(21(26,27)20(24)25)16(19(31)33)35-14-5-12(22)4-11(6-28)15(14)23/h2-5,9,20,32H,7-8H2,1H3. The molecule has 0 aliphatic rings. The average Bonchev–Trinajstić information content (AvgIpc) is 2.83. The van der Waals surface area contributed by atoms with Crippen molar-refractivity contribution in [3.05, 3.63) is 74.3 Å². The summed E-state index contributed by atoms with van der Waals surface area (Å²) >= 11 is 5.78. The Labute approximate surface area is 198 Å². The Morgan fingerprint density at radius 1 is 1.31 bits per heavy atom. The molecule has 2 aromatic heterocycles. The van der Waals surface area contributed by atoms with E-state index in [0.29, 0.717) is 10.9 Å². The number of hydrogen-bond acceptors (Lipinski definition) is 7. The van der Waals surface area contributed by atoms with Gasteiger partial charge in [-0.15, -0.1) is 0 Å². The van der Waals surface area contributed by atoms with E-state index in [9.17, 15) is 31.9 Å². The molecule has 1 N–H and O–H groups in total. The molecule has 184 valence electrons. The number of aliphatic hydroxyl groups is 1. The van der Waals surface area contributed by atoms with Crippen molar-refractivity contribution in [3.63, 3.8) is 0 Å². The SMILES string of the molecule is COc1nc(CO)ccc1Cn1cnc(C(F)(F)C(F)F)c(Oc2cc(Cl)cc(C#N)c2F)c1=O. The molecule has 3 aromatic rings. The number of rotatable bonds is 8. The van der Waals surface area contributed by atoms with Crippen molar-refractivity contribution in [2.45, 2.75) is 25.5 Å². The molecule has 14 heteroatoms. The van der Waals surface area contributed by atoms with Crippen LogP contribution in [0.1, 0.15) is 22.5 Å². The van der Waals surface area contributed by atoms with Crippen LogP contribution in [0.15, 0.2) is 35.4 Å². The third-order valence-electron chi connectivity index (χ3n) is 4.62. The highest BCUT2D eigenvalue weighted by atomic mass is 35.5. The lowest BCUT2D eigenvalue weighted by atomic mass is 10.2. The molecule has 0 saturated carbocycles. The van der Waals surface area contributed by atoms with Gasteiger partial charge in [-0.05, 0) is 18.2 Å². The lowest BCUT2D eigenvalue weighted by Gasteiger charge is -2.19. The van der Waals surface area contributed by atoms with Gasteiger partial charge in [0, 0.05) is 16.7 Å². The Hall–Kier alpha value is -3.76. The van der Waals surface area contributed by atoms with Crippen molar-refractivity contribution < 1.29 is 36.5 Å². The number of aliphatic hydroxyl groups excluding tert-OH is 1. The fourth-order valence-corrected chi connectivity index (χ4v) is 3.13. The largest absolute Gasteiger partial charge is 0.481 e. The predicted molar refractivity (Wildman–Crippen MR) is 110 cm³/mol. The maximum Gasteiger partial charge on any atom is 0.352 e. The number of halogens is 6. The summed E-state index contributed by atoms with van der Waals surface area (Å²) in [4.78, 5) is 20.3. The molecular formula is C21H14ClF5N4O4. The van der Waals surface area contributed by atoms with E-state index in [-0.39, 0.29) is 22.2 Å². The van der Waals surface area contributed by atoms with Gasteiger partial charge in [-0.1, -0.05) is 11.6 Å². The Balaban J connectivity index is 2.18. The van der Waals surface area contributed by atoms with Crippen LogP contribution < -0.4 is 15.0 Å². The summed E-state index contributed by atoms with van der Waals surface area (Å²) < 4.78 is 80.0. The zero-order valence-corrected chi connectivity index (χ0v) is 18.4. The van der Waals surface area contributed by atoms with E-state index in [2.05, 4.69) is 9.97 Å². The van der Waals surface area contributed by atoms with Crippen molar-refractivity contribution in [3.8, 4) is 23.4 Å². The van der Waals surface area contributed by atoms with Gasteiger partial charge in [-0.3, -0.25) is 9.36 Å². The van der Waals surface area contributed by atoms with Crippen LogP contribution in [0.25, 0.3) is 0 Å². The number of pyridine rings is 1. The van der Waals surface area contributed by atoms with Crippen LogP contribution in [-0.2, 0) is 19.1 Å². The normalized spacial score (nSPS) is 11.4. The zero-order chi connectivity index (χ0) is 25.9. The second-order valence-corrected chi connectivity index (χ2v) is 7.32. The first-order valence-electron chi connectivity index (χ1n) is 9.50. The molecule has 0 radical (unpaired) electrons. The highest BCUT2D eigenvalue weighted by Gasteiger charge is 2.48. The van der Waals surface area contributed by atoms with E-state index in [1.807, 2.05) is 0 Å². The van der Waals surface area contributed by atoms with E-state index in [1.54, 1.807) is 0 Å². The number of methoxy groups -OCH3 is 1. The van der Waals surface area contributed by atoms with Crippen molar-refractivity contribution >= 4 is 11.6 Å². The van der Waals surface area contributed by atoms with Gasteiger partial charge >= 0.3 is 12.3 Å². The molecule has 35 heavy (non-hydrogen) atoms. The Morgan fingerprint density at radius 3 is 2.63 bits per heavy atom. The van der Waals surface area contributed by atoms with Crippen molar-refractivity contribution in [1.29, 1.82) is 5.26 Å². The van der Waals surface area contributed by atoms with Crippen LogP contribution in [-0.4, -0.2) is 33.2 Å². The number of benzene rings is 1. The summed E-state index contributed by atoms with van der Waals surface area (Å²) in [6.07, 6.45) is -3.70. The van der Waals surface area contributed by atoms with Gasteiger partial charge in [-0.2, -0.15) is 14.0 Å². The lowest BCUT2D eigenvalue weighted by Crippen LogP contribution is -2.32. The minimum atomic E-state index is -4.94. The molecule has 0 fully saturated rings. The minimum Gasteiger partial charge on any atom is -0.481 e. The molecule has 0 aliphatic carbocycles. The van der Waals surface area contributed by atoms with Gasteiger partial charge in [0.05, 0.1) is 37.8 Å². The number of ether oxygens (including phenoxy) is 2. The maximum atomic E-state index is 14.6. The van der Waals surface area contributed by atoms with E-state index < -0.39 is 59.6 Å². The Kier molecular flexibility index (Phi) is 7.57. The van der Waals surface area contributed by atoms with Crippen LogP contribution in [0.5, 0.6) is 17.4 Å². The number of nitriles is 1. The molecule has 2 heterocycles. The van der Waals surface area contributed by atoms with Crippen LogP contribution in [0, 0.1) is 17.1 Å². The molecule has 0 saturated heterocycles. The first kappa shape index (κ1) is 25.9. The smallest absolute Gasteiger partial charge is 0.352 e. The van der Waals surface area contributed by atoms with E-state index in [4.69, 9.17) is 26.3 Å². The third-order valence-corrected chi connectivity index (χ3v) is 4.83. The van der Waals surface area contributed by atoms with Gasteiger partial charge in [0.25, 0.3) is 5.56 Å². The number of aromatic nitrogens is 3. The maximum absolute atomic E-state index is 14.6. The molecule has 0 aliphatic heterocycles. The van der Waals surface area contributed by atoms with E-state index in [1.165, 1.54) is 25.3 Å². The number of nitrogens with zero attached hydrogens (tertiary/aromatic N) is 4. The molecule has 0 bridgehead atoms. The summed E-state index contributed by atoms with van der Waals surface area (Å²) in [5.74, 6) is -8.65. The molecule has 0 unspecified atom stereocenters. The monoisotopic (exact) mass is 516 g/mol. The van der Waals surface area contributed by atoms with Gasteiger partial charge in [0.2, 0.25) is 11.6 Å². The number of hydrogen-bond donors (Lipinski definition) is 1. The Bertz CT molecular complexity index is 1360. The zero-order valence-electron chi connectivity index (χ0n) is 17.6. The third kappa shape index (κ3) is 5.18. The van der Waals surface area contributed by atoms with Gasteiger partial charge in [-0.25, -0.2) is 23.1 Å². The van der Waals surface area contributed by atoms with Crippen molar-refractivity contribution in [2.24, 2.45) is 0 Å². The first-order valence-corrected chi connectivity index (χ1v) is 9.87. The summed E-state index contributed by atoms with van der Waals surface area (Å²) in [5.41, 5.74) is -3.29. The second kappa shape index (κ2) is 10.2. The van der Waals surface area contributed by atoms with Gasteiger partial charge in [0.15, 0.2) is 17.3 Å². The Morgan fingerprint density at radius 2 is 2.03 bits per heavy atom. The fourth-order valence-electron chi connectivity index (χ4n) is 2.92. The van der Waals surface area contributed by atoms with Gasteiger partial charge < -0.3 is 14.6 Å². The van der Waals surface area contributed by atoms with E-state index >= 15 is 0 Å². The van der Waals surface area contributed by atoms with Crippen molar-refractivity contribution in [2.75, 3.05) is 7.11 Å². The minimum absolute atomic E-state index is 0.0209. The summed E-state index contributed by atoms with van der Waals surface area (Å²) in [5, 5.41) is 18.0. The van der Waals surface area contributed by atoms with E-state index in [0.717, 1.165) is 12.1 Å². The summed E-state index contributed by atoms with van der Waals surface area (Å²) in [7, 11) is 1.25. The highest BCUT2D eigenvalue weighted by molar-refractivity contribution is 6.30. The molecule has 0 amide bonds. The predicted octanol–water partition coefficient (Wildman–Crippen LogP) is 4.00. The fraction of sp³-hybridized carbons (Fsp3) is 0.238. The molecule has 0 atom stereocenters. The average molecular weight is 517 g/mol. The number of alkyl halides is 4. The molecular weight excluding hydrogens is 503 g/mol. The molecule has 8 nitrogen and oxygen atoms in total. The first-order chi connectivity index (χ1) is 16.5. The van der Waals surface area contributed by atoms with Crippen LogP contribution >= 0.6 is 11.6 Å².